The Hall–Kier alpha value is -3.07. The van der Waals surface area contributed by atoms with Crippen LogP contribution in [0.25, 0.3) is 0 Å². The van der Waals surface area contributed by atoms with Gasteiger partial charge in [0.05, 0.1) is 17.1 Å². The van der Waals surface area contributed by atoms with E-state index in [0.717, 1.165) is 5.56 Å². The van der Waals surface area contributed by atoms with Gasteiger partial charge in [0.2, 0.25) is 6.29 Å². The molecule has 2 heterocycles. The van der Waals surface area contributed by atoms with Crippen molar-refractivity contribution >= 4 is 11.7 Å². The summed E-state index contributed by atoms with van der Waals surface area (Å²) in [7, 11) is 0. The van der Waals surface area contributed by atoms with Gasteiger partial charge < -0.3 is 18.9 Å². The molecule has 2 aliphatic heterocycles. The Morgan fingerprint density at radius 3 is 2.50 bits per heavy atom. The van der Waals surface area contributed by atoms with E-state index >= 15 is 0 Å². The van der Waals surface area contributed by atoms with Crippen LogP contribution >= 0.6 is 0 Å². The highest BCUT2D eigenvalue weighted by Gasteiger charge is 2.36. The van der Waals surface area contributed by atoms with Crippen molar-refractivity contribution in [3.8, 4) is 0 Å². The summed E-state index contributed by atoms with van der Waals surface area (Å²) in [6.45, 7) is 0.292. The number of benzene rings is 2. The summed E-state index contributed by atoms with van der Waals surface area (Å²) < 4.78 is 22.7. The van der Waals surface area contributed by atoms with Crippen LogP contribution in [-0.2, 0) is 18.9 Å². The van der Waals surface area contributed by atoms with Crippen LogP contribution in [0.5, 0.6) is 0 Å². The lowest BCUT2D eigenvalue weighted by Gasteiger charge is -2.38. The van der Waals surface area contributed by atoms with Gasteiger partial charge in [-0.1, -0.05) is 36.4 Å². The van der Waals surface area contributed by atoms with Crippen molar-refractivity contribution in [2.75, 3.05) is 6.61 Å². The average Bonchev–Trinajstić information content (AvgIpc) is 2.74. The molecule has 1 unspecified atom stereocenters. The summed E-state index contributed by atoms with van der Waals surface area (Å²) in [5.41, 5.74) is 1.02. The molecule has 2 aliphatic rings. The standard InChI is InChI=1S/C20H17NO7/c22-19(13-6-8-15(9-7-13)21(23)24)28-18-11-10-16-17(26-18)12-25-20(27-16)14-4-2-1-3-5-14/h1-11,16-18,20H,12H2/t16-,17+,18+,20?/m0/s1. The molecule has 0 N–H and O–H groups in total. The van der Waals surface area contributed by atoms with Crippen molar-refractivity contribution in [3.05, 3.63) is 88.0 Å². The van der Waals surface area contributed by atoms with Crippen LogP contribution < -0.4 is 0 Å². The van der Waals surface area contributed by atoms with E-state index in [4.69, 9.17) is 18.9 Å². The van der Waals surface area contributed by atoms with E-state index in [1.54, 1.807) is 12.2 Å². The highest BCUT2D eigenvalue weighted by atomic mass is 16.7. The molecule has 1 fully saturated rings. The van der Waals surface area contributed by atoms with Gasteiger partial charge in [0, 0.05) is 17.7 Å². The van der Waals surface area contributed by atoms with Crippen LogP contribution in [0.3, 0.4) is 0 Å². The predicted octanol–water partition coefficient (Wildman–Crippen LogP) is 3.15. The van der Waals surface area contributed by atoms with Gasteiger partial charge in [-0.3, -0.25) is 10.1 Å². The van der Waals surface area contributed by atoms with Gasteiger partial charge in [-0.25, -0.2) is 4.79 Å². The van der Waals surface area contributed by atoms with Crippen molar-refractivity contribution in [2.45, 2.75) is 24.8 Å². The predicted molar refractivity (Wildman–Crippen MR) is 96.3 cm³/mol. The summed E-state index contributed by atoms with van der Waals surface area (Å²) in [4.78, 5) is 22.4. The highest BCUT2D eigenvalue weighted by Crippen LogP contribution is 2.31. The van der Waals surface area contributed by atoms with E-state index in [1.807, 2.05) is 30.3 Å². The minimum Gasteiger partial charge on any atom is -0.428 e. The number of carbonyl (C=O) groups excluding carboxylic acids is 1. The third-order valence-corrected chi connectivity index (χ3v) is 4.43. The molecule has 2 aromatic rings. The van der Waals surface area contributed by atoms with Crippen LogP contribution in [0.4, 0.5) is 5.69 Å². The Morgan fingerprint density at radius 2 is 1.79 bits per heavy atom. The second kappa shape index (κ2) is 7.89. The van der Waals surface area contributed by atoms with E-state index < -0.39 is 29.6 Å². The monoisotopic (exact) mass is 383 g/mol. The number of carbonyl (C=O) groups is 1. The number of nitro benzene ring substituents is 1. The van der Waals surface area contributed by atoms with E-state index in [0.29, 0.717) is 6.61 Å². The SMILES string of the molecule is O=C(O[C@@H]1C=C[C@@H]2OC(c3ccccc3)OC[C@H]2O1)c1ccc([N+](=O)[O-])cc1. The van der Waals surface area contributed by atoms with Gasteiger partial charge in [0.1, 0.15) is 12.2 Å². The zero-order valence-electron chi connectivity index (χ0n) is 14.7. The zero-order chi connectivity index (χ0) is 19.5. The van der Waals surface area contributed by atoms with Crippen molar-refractivity contribution in [2.24, 2.45) is 0 Å². The second-order valence-corrected chi connectivity index (χ2v) is 6.31. The highest BCUT2D eigenvalue weighted by molar-refractivity contribution is 5.89. The summed E-state index contributed by atoms with van der Waals surface area (Å²) >= 11 is 0. The number of hydrogen-bond acceptors (Lipinski definition) is 7. The van der Waals surface area contributed by atoms with E-state index in [9.17, 15) is 14.9 Å². The van der Waals surface area contributed by atoms with Gasteiger partial charge in [-0.2, -0.15) is 0 Å². The number of non-ortho nitro benzene ring substituents is 1. The van der Waals surface area contributed by atoms with Crippen molar-refractivity contribution < 1.29 is 28.7 Å². The Labute approximate surface area is 160 Å². The molecule has 1 saturated heterocycles. The molecule has 0 saturated carbocycles. The fraction of sp³-hybridized carbons (Fsp3) is 0.250. The Kier molecular flexibility index (Phi) is 5.16. The van der Waals surface area contributed by atoms with Crippen molar-refractivity contribution in [1.29, 1.82) is 0 Å². The van der Waals surface area contributed by atoms with Crippen molar-refractivity contribution in [3.63, 3.8) is 0 Å². The van der Waals surface area contributed by atoms with Gasteiger partial charge in [0.15, 0.2) is 6.29 Å². The number of nitro groups is 1. The number of esters is 1. The average molecular weight is 383 g/mol. The van der Waals surface area contributed by atoms with Crippen LogP contribution in [0.2, 0.25) is 0 Å². The first-order chi connectivity index (χ1) is 13.6. The molecule has 28 heavy (non-hydrogen) atoms. The molecule has 8 nitrogen and oxygen atoms in total. The minimum atomic E-state index is -0.885. The molecule has 0 spiro atoms. The molecule has 0 aliphatic carbocycles. The second-order valence-electron chi connectivity index (χ2n) is 6.31. The molecule has 144 valence electrons. The van der Waals surface area contributed by atoms with E-state index in [-0.39, 0.29) is 17.4 Å². The summed E-state index contributed by atoms with van der Waals surface area (Å²) in [6, 6.07) is 14.8. The van der Waals surface area contributed by atoms with Crippen LogP contribution in [-0.4, -0.2) is 36.0 Å². The summed E-state index contributed by atoms with van der Waals surface area (Å²) in [5, 5.41) is 10.7. The maximum absolute atomic E-state index is 12.2. The number of ether oxygens (including phenoxy) is 4. The minimum absolute atomic E-state index is 0.0994. The molecule has 0 amide bonds. The molecule has 8 heteroatoms. The summed E-state index contributed by atoms with van der Waals surface area (Å²) in [6.07, 6.45) is 1.32. The molecule has 4 rings (SSSR count). The van der Waals surface area contributed by atoms with Crippen molar-refractivity contribution in [1.82, 2.24) is 0 Å². The molecule has 0 aromatic heterocycles. The number of hydrogen-bond donors (Lipinski definition) is 0. The van der Waals surface area contributed by atoms with E-state index in [1.165, 1.54) is 24.3 Å². The summed E-state index contributed by atoms with van der Waals surface area (Å²) in [5.74, 6) is -0.636. The fourth-order valence-electron chi connectivity index (χ4n) is 3.00. The lowest BCUT2D eigenvalue weighted by atomic mass is 10.1. The quantitative estimate of drug-likeness (QED) is 0.346. The van der Waals surface area contributed by atoms with Gasteiger partial charge in [0.25, 0.3) is 5.69 Å². The Bertz CT molecular complexity index is 881. The normalized spacial score (nSPS) is 26.3. The zero-order valence-corrected chi connectivity index (χ0v) is 14.7. The third kappa shape index (κ3) is 3.94. The van der Waals surface area contributed by atoms with Gasteiger partial charge in [-0.15, -0.1) is 0 Å². The molecule has 4 atom stereocenters. The first-order valence-corrected chi connectivity index (χ1v) is 8.71. The Balaban J connectivity index is 1.37. The van der Waals surface area contributed by atoms with E-state index in [2.05, 4.69) is 0 Å². The topological polar surface area (TPSA) is 97.1 Å². The number of fused-ring (bicyclic) bond motifs is 1. The maximum Gasteiger partial charge on any atom is 0.340 e. The Morgan fingerprint density at radius 1 is 1.04 bits per heavy atom. The number of nitrogens with zero attached hydrogens (tertiary/aromatic N) is 1. The lowest BCUT2D eigenvalue weighted by Crippen LogP contribution is -2.46. The smallest absolute Gasteiger partial charge is 0.340 e. The van der Waals surface area contributed by atoms with Crippen LogP contribution in [0.1, 0.15) is 22.2 Å². The molecule has 0 bridgehead atoms. The first-order valence-electron chi connectivity index (χ1n) is 8.71. The lowest BCUT2D eigenvalue weighted by molar-refractivity contribution is -0.384. The molecule has 2 aromatic carbocycles. The first kappa shape index (κ1) is 18.3. The largest absolute Gasteiger partial charge is 0.428 e. The number of rotatable bonds is 4. The third-order valence-electron chi connectivity index (χ3n) is 4.43. The maximum atomic E-state index is 12.2. The van der Waals surface area contributed by atoms with Crippen LogP contribution in [0, 0.1) is 10.1 Å². The fourth-order valence-corrected chi connectivity index (χ4v) is 3.00. The molecular weight excluding hydrogens is 366 g/mol. The molecule has 0 radical (unpaired) electrons. The molecular formula is C20H17NO7. The van der Waals surface area contributed by atoms with Gasteiger partial charge >= 0.3 is 5.97 Å². The van der Waals surface area contributed by atoms with Gasteiger partial charge in [-0.05, 0) is 18.2 Å². The van der Waals surface area contributed by atoms with Crippen LogP contribution in [0.15, 0.2) is 66.7 Å².